The minimum Gasteiger partial charge on any atom is -0.396 e. The summed E-state index contributed by atoms with van der Waals surface area (Å²) in [4.78, 5) is 13.5. The van der Waals surface area contributed by atoms with Gasteiger partial charge in [-0.2, -0.15) is 0 Å². The number of hydrogen-bond donors (Lipinski definition) is 1. The maximum absolute atomic E-state index is 11.7. The largest absolute Gasteiger partial charge is 0.396 e. The fourth-order valence-electron chi connectivity index (χ4n) is 1.78. The van der Waals surface area contributed by atoms with Crippen LogP contribution in [0.3, 0.4) is 0 Å². The summed E-state index contributed by atoms with van der Waals surface area (Å²) < 4.78 is 5.49. The second-order valence-corrected chi connectivity index (χ2v) is 5.36. The minimum absolute atomic E-state index is 0.0258. The zero-order chi connectivity index (χ0) is 11.7. The number of aliphatic hydroxyl groups excluding tert-OH is 1. The maximum atomic E-state index is 11.7. The molecule has 1 fully saturated rings. The van der Waals surface area contributed by atoms with Crippen LogP contribution in [0.5, 0.6) is 0 Å². The van der Waals surface area contributed by atoms with E-state index in [0.29, 0.717) is 13.0 Å². The van der Waals surface area contributed by atoms with E-state index in [1.807, 2.05) is 32.6 Å². The van der Waals surface area contributed by atoms with Crippen molar-refractivity contribution < 1.29 is 14.6 Å². The summed E-state index contributed by atoms with van der Waals surface area (Å²) in [7, 11) is 0. The monoisotopic (exact) mass is 215 g/mol. The zero-order valence-corrected chi connectivity index (χ0v) is 10.0. The van der Waals surface area contributed by atoms with E-state index in [2.05, 4.69) is 0 Å². The molecule has 1 aliphatic heterocycles. The van der Waals surface area contributed by atoms with Crippen molar-refractivity contribution in [2.24, 2.45) is 0 Å². The highest BCUT2D eigenvalue weighted by Gasteiger charge is 2.39. The number of carbonyl (C=O) groups excluding carboxylic acids is 1. The Balaban J connectivity index is 2.76. The lowest BCUT2D eigenvalue weighted by molar-refractivity contribution is -0.171. The third-order valence-corrected chi connectivity index (χ3v) is 2.79. The molecular weight excluding hydrogens is 194 g/mol. The molecule has 0 radical (unpaired) electrons. The van der Waals surface area contributed by atoms with Gasteiger partial charge in [0, 0.05) is 18.6 Å². The Bertz CT molecular complexity index is 247. The van der Waals surface area contributed by atoms with E-state index in [-0.39, 0.29) is 24.7 Å². The molecule has 0 aromatic carbocycles. The van der Waals surface area contributed by atoms with Crippen LogP contribution in [-0.2, 0) is 9.53 Å². The Labute approximate surface area is 91.2 Å². The molecule has 15 heavy (non-hydrogen) atoms. The van der Waals surface area contributed by atoms with E-state index in [0.717, 1.165) is 0 Å². The van der Waals surface area contributed by atoms with Crippen molar-refractivity contribution in [2.45, 2.75) is 45.3 Å². The van der Waals surface area contributed by atoms with Crippen molar-refractivity contribution in [2.75, 3.05) is 19.8 Å². The molecule has 1 heterocycles. The molecule has 1 rings (SSSR count). The third-order valence-electron chi connectivity index (χ3n) is 2.79. The number of nitrogens with zero attached hydrogens (tertiary/aromatic N) is 1. The molecule has 1 atom stereocenters. The van der Waals surface area contributed by atoms with Crippen molar-refractivity contribution in [1.29, 1.82) is 0 Å². The van der Waals surface area contributed by atoms with E-state index < -0.39 is 5.60 Å². The van der Waals surface area contributed by atoms with Crippen LogP contribution in [0.2, 0.25) is 0 Å². The van der Waals surface area contributed by atoms with Crippen molar-refractivity contribution in [3.63, 3.8) is 0 Å². The second-order valence-electron chi connectivity index (χ2n) is 5.36. The molecule has 0 aliphatic carbocycles. The van der Waals surface area contributed by atoms with Gasteiger partial charge in [-0.1, -0.05) is 0 Å². The molecule has 0 aromatic heterocycles. The SMILES string of the molecule is CC1(CCO)CN(C(C)(C)C)C(=O)CO1. The molecule has 1 amide bonds. The fourth-order valence-corrected chi connectivity index (χ4v) is 1.78. The summed E-state index contributed by atoms with van der Waals surface area (Å²) in [5, 5.41) is 8.96. The summed E-state index contributed by atoms with van der Waals surface area (Å²) in [5.41, 5.74) is -0.590. The third kappa shape index (κ3) is 2.92. The first-order valence-electron chi connectivity index (χ1n) is 5.34. The molecule has 1 aliphatic rings. The van der Waals surface area contributed by atoms with Gasteiger partial charge in [0.25, 0.3) is 0 Å². The van der Waals surface area contributed by atoms with E-state index in [4.69, 9.17) is 9.84 Å². The van der Waals surface area contributed by atoms with Gasteiger partial charge < -0.3 is 14.7 Å². The van der Waals surface area contributed by atoms with Crippen LogP contribution in [0.15, 0.2) is 0 Å². The Kier molecular flexibility index (Phi) is 3.41. The molecule has 0 spiro atoms. The predicted octanol–water partition coefficient (Wildman–Crippen LogP) is 0.785. The van der Waals surface area contributed by atoms with Gasteiger partial charge in [0.15, 0.2) is 0 Å². The number of ether oxygens (including phenoxy) is 1. The highest BCUT2D eigenvalue weighted by atomic mass is 16.5. The molecule has 1 N–H and O–H groups in total. The topological polar surface area (TPSA) is 49.8 Å². The Hall–Kier alpha value is -0.610. The highest BCUT2D eigenvalue weighted by Crippen LogP contribution is 2.26. The quantitative estimate of drug-likeness (QED) is 0.740. The van der Waals surface area contributed by atoms with Gasteiger partial charge in [-0.3, -0.25) is 4.79 Å². The molecule has 4 heteroatoms. The van der Waals surface area contributed by atoms with E-state index in [1.165, 1.54) is 0 Å². The molecule has 1 saturated heterocycles. The lowest BCUT2D eigenvalue weighted by Crippen LogP contribution is -2.59. The lowest BCUT2D eigenvalue weighted by atomic mass is 9.95. The van der Waals surface area contributed by atoms with Gasteiger partial charge in [-0.15, -0.1) is 0 Å². The predicted molar refractivity (Wildman–Crippen MR) is 57.5 cm³/mol. The molecular formula is C11H21NO3. The number of hydrogen-bond acceptors (Lipinski definition) is 3. The first kappa shape index (κ1) is 12.5. The first-order valence-corrected chi connectivity index (χ1v) is 5.34. The molecule has 0 saturated carbocycles. The van der Waals surface area contributed by atoms with Gasteiger partial charge in [-0.25, -0.2) is 0 Å². The maximum Gasteiger partial charge on any atom is 0.249 e. The number of amides is 1. The van der Waals surface area contributed by atoms with E-state index >= 15 is 0 Å². The number of aliphatic hydroxyl groups is 1. The van der Waals surface area contributed by atoms with Crippen LogP contribution < -0.4 is 0 Å². The summed E-state index contributed by atoms with van der Waals surface area (Å²) in [6.45, 7) is 8.72. The van der Waals surface area contributed by atoms with Crippen molar-refractivity contribution in [1.82, 2.24) is 4.90 Å². The van der Waals surface area contributed by atoms with Crippen molar-refractivity contribution in [3.8, 4) is 0 Å². The van der Waals surface area contributed by atoms with Crippen LogP contribution in [0.1, 0.15) is 34.1 Å². The molecule has 1 unspecified atom stereocenters. The molecule has 88 valence electrons. The summed E-state index contributed by atoms with van der Waals surface area (Å²) in [6.07, 6.45) is 0.562. The summed E-state index contributed by atoms with van der Waals surface area (Å²) in [6, 6.07) is 0. The number of morpholine rings is 1. The Morgan fingerprint density at radius 1 is 1.53 bits per heavy atom. The molecule has 0 aromatic rings. The number of carbonyl (C=O) groups is 1. The standard InChI is InChI=1S/C11H21NO3/c1-10(2,3)12-8-11(4,5-6-13)15-7-9(12)14/h13H,5-8H2,1-4H3. The average molecular weight is 215 g/mol. The highest BCUT2D eigenvalue weighted by molar-refractivity contribution is 5.79. The lowest BCUT2D eigenvalue weighted by Gasteiger charge is -2.46. The summed E-state index contributed by atoms with van der Waals surface area (Å²) >= 11 is 0. The van der Waals surface area contributed by atoms with E-state index in [9.17, 15) is 4.79 Å². The Morgan fingerprint density at radius 2 is 2.13 bits per heavy atom. The molecule has 0 bridgehead atoms. The second kappa shape index (κ2) is 4.10. The fraction of sp³-hybridized carbons (Fsp3) is 0.909. The van der Waals surface area contributed by atoms with Gasteiger partial charge >= 0.3 is 0 Å². The number of rotatable bonds is 2. The van der Waals surface area contributed by atoms with Gasteiger partial charge in [0.2, 0.25) is 5.91 Å². The van der Waals surface area contributed by atoms with Crippen LogP contribution in [0, 0.1) is 0 Å². The van der Waals surface area contributed by atoms with E-state index in [1.54, 1.807) is 0 Å². The normalized spacial score (nSPS) is 28.3. The first-order chi connectivity index (χ1) is 6.78. The zero-order valence-electron chi connectivity index (χ0n) is 10.0. The summed E-state index contributed by atoms with van der Waals surface area (Å²) in [5.74, 6) is 0.0258. The van der Waals surface area contributed by atoms with Crippen LogP contribution in [0.4, 0.5) is 0 Å². The van der Waals surface area contributed by atoms with Crippen LogP contribution in [-0.4, -0.2) is 46.8 Å². The van der Waals surface area contributed by atoms with Crippen LogP contribution in [0.25, 0.3) is 0 Å². The van der Waals surface area contributed by atoms with Gasteiger partial charge in [-0.05, 0) is 27.7 Å². The van der Waals surface area contributed by atoms with Crippen molar-refractivity contribution in [3.05, 3.63) is 0 Å². The van der Waals surface area contributed by atoms with Gasteiger partial charge in [0.1, 0.15) is 6.61 Å². The van der Waals surface area contributed by atoms with Crippen LogP contribution >= 0.6 is 0 Å². The minimum atomic E-state index is -0.407. The van der Waals surface area contributed by atoms with Gasteiger partial charge in [0.05, 0.1) is 12.1 Å². The van der Waals surface area contributed by atoms with Crippen molar-refractivity contribution >= 4 is 5.91 Å². The Morgan fingerprint density at radius 3 is 2.60 bits per heavy atom. The molecule has 4 nitrogen and oxygen atoms in total. The average Bonchev–Trinajstić information content (AvgIpc) is 2.08. The smallest absolute Gasteiger partial charge is 0.249 e.